The molecule has 2 unspecified atom stereocenters. The molecule has 2 aliphatic rings. The zero-order valence-corrected chi connectivity index (χ0v) is 10.4. The Balaban J connectivity index is 1.64. The second-order valence-electron chi connectivity index (χ2n) is 4.94. The fourth-order valence-corrected chi connectivity index (χ4v) is 2.59. The first-order chi connectivity index (χ1) is 8.29. The van der Waals surface area contributed by atoms with Crippen molar-refractivity contribution in [2.75, 3.05) is 32.8 Å². The Bertz CT molecular complexity index is 260. The molecule has 2 fully saturated rings. The van der Waals surface area contributed by atoms with Crippen molar-refractivity contribution in [2.24, 2.45) is 5.73 Å². The summed E-state index contributed by atoms with van der Waals surface area (Å²) in [4.78, 5) is 13.9. The molecule has 5 heteroatoms. The van der Waals surface area contributed by atoms with E-state index in [-0.39, 0.29) is 12.0 Å². The summed E-state index contributed by atoms with van der Waals surface area (Å²) in [5.74, 6) is 0.0857. The molecule has 0 aliphatic carbocycles. The van der Waals surface area contributed by atoms with Crippen LogP contribution in [0.1, 0.15) is 25.7 Å². The Morgan fingerprint density at radius 1 is 1.53 bits per heavy atom. The Hall–Kier alpha value is -0.650. The predicted molar refractivity (Wildman–Crippen MR) is 65.6 cm³/mol. The summed E-state index contributed by atoms with van der Waals surface area (Å²) in [5, 5.41) is 2.92. The van der Waals surface area contributed by atoms with Crippen molar-refractivity contribution < 1.29 is 9.53 Å². The lowest BCUT2D eigenvalue weighted by atomic mass is 10.2. The normalized spacial score (nSPS) is 29.0. The summed E-state index contributed by atoms with van der Waals surface area (Å²) in [5.41, 5.74) is 5.36. The zero-order valence-electron chi connectivity index (χ0n) is 10.4. The number of morpholine rings is 1. The van der Waals surface area contributed by atoms with E-state index in [1.807, 2.05) is 0 Å². The van der Waals surface area contributed by atoms with Crippen LogP contribution >= 0.6 is 0 Å². The maximum atomic E-state index is 11.4. The van der Waals surface area contributed by atoms with E-state index in [0.29, 0.717) is 25.6 Å². The minimum absolute atomic E-state index is 0.0857. The molecule has 0 radical (unpaired) electrons. The molecular formula is C12H23N3O2. The van der Waals surface area contributed by atoms with Gasteiger partial charge >= 0.3 is 0 Å². The average molecular weight is 241 g/mol. The summed E-state index contributed by atoms with van der Waals surface area (Å²) in [6.45, 7) is 4.17. The first-order valence-electron chi connectivity index (χ1n) is 6.62. The van der Waals surface area contributed by atoms with Gasteiger partial charge in [0.05, 0.1) is 12.7 Å². The number of amides is 1. The van der Waals surface area contributed by atoms with Gasteiger partial charge in [0.1, 0.15) is 0 Å². The molecule has 2 heterocycles. The molecule has 0 saturated carbocycles. The second-order valence-corrected chi connectivity index (χ2v) is 4.94. The lowest BCUT2D eigenvalue weighted by molar-refractivity contribution is -0.122. The monoisotopic (exact) mass is 241 g/mol. The number of fused-ring (bicyclic) bond motifs is 1. The summed E-state index contributed by atoms with van der Waals surface area (Å²) in [6, 6.07) is 0.624. The highest BCUT2D eigenvalue weighted by Gasteiger charge is 2.32. The number of ether oxygens (including phenoxy) is 1. The molecule has 98 valence electrons. The third-order valence-electron chi connectivity index (χ3n) is 3.60. The van der Waals surface area contributed by atoms with Gasteiger partial charge in [0, 0.05) is 25.6 Å². The number of rotatable bonds is 5. The van der Waals surface area contributed by atoms with E-state index in [0.717, 1.165) is 19.6 Å². The topological polar surface area (TPSA) is 67.6 Å². The molecule has 2 atom stereocenters. The van der Waals surface area contributed by atoms with Crippen molar-refractivity contribution in [1.82, 2.24) is 10.2 Å². The molecule has 3 N–H and O–H groups in total. The minimum atomic E-state index is 0.0857. The molecular weight excluding hydrogens is 218 g/mol. The van der Waals surface area contributed by atoms with E-state index < -0.39 is 0 Å². The number of hydrogen-bond acceptors (Lipinski definition) is 4. The number of nitrogens with two attached hydrogens (primary N) is 1. The SMILES string of the molecule is NCCCC(=O)NCC1CN2CCCC2CO1. The predicted octanol–water partition coefficient (Wildman–Crippen LogP) is -0.295. The van der Waals surface area contributed by atoms with Gasteiger partial charge in [-0.15, -0.1) is 0 Å². The van der Waals surface area contributed by atoms with Crippen LogP contribution < -0.4 is 11.1 Å². The van der Waals surface area contributed by atoms with Crippen molar-refractivity contribution in [2.45, 2.75) is 37.8 Å². The van der Waals surface area contributed by atoms with E-state index in [1.165, 1.54) is 19.4 Å². The van der Waals surface area contributed by atoms with Crippen LogP contribution in [-0.2, 0) is 9.53 Å². The van der Waals surface area contributed by atoms with Crippen molar-refractivity contribution in [3.05, 3.63) is 0 Å². The van der Waals surface area contributed by atoms with E-state index in [1.54, 1.807) is 0 Å². The molecule has 2 rings (SSSR count). The van der Waals surface area contributed by atoms with Crippen molar-refractivity contribution in [3.8, 4) is 0 Å². The van der Waals surface area contributed by atoms with Gasteiger partial charge in [0.15, 0.2) is 0 Å². The van der Waals surface area contributed by atoms with Gasteiger partial charge in [0.2, 0.25) is 5.91 Å². The summed E-state index contributed by atoms with van der Waals surface area (Å²) in [7, 11) is 0. The molecule has 0 spiro atoms. The number of carbonyl (C=O) groups is 1. The smallest absolute Gasteiger partial charge is 0.220 e. The highest BCUT2D eigenvalue weighted by molar-refractivity contribution is 5.75. The Morgan fingerprint density at radius 2 is 2.41 bits per heavy atom. The molecule has 5 nitrogen and oxygen atoms in total. The lowest BCUT2D eigenvalue weighted by Crippen LogP contribution is -2.50. The van der Waals surface area contributed by atoms with Gasteiger partial charge in [-0.3, -0.25) is 9.69 Å². The number of hydrogen-bond donors (Lipinski definition) is 2. The van der Waals surface area contributed by atoms with Crippen molar-refractivity contribution in [1.29, 1.82) is 0 Å². The molecule has 0 bridgehead atoms. The largest absolute Gasteiger partial charge is 0.373 e. The average Bonchev–Trinajstić information content (AvgIpc) is 2.81. The summed E-state index contributed by atoms with van der Waals surface area (Å²) >= 11 is 0. The van der Waals surface area contributed by atoms with Crippen LogP contribution in [0.2, 0.25) is 0 Å². The second kappa shape index (κ2) is 6.33. The molecule has 1 amide bonds. The van der Waals surface area contributed by atoms with Gasteiger partial charge in [-0.05, 0) is 32.4 Å². The van der Waals surface area contributed by atoms with E-state index >= 15 is 0 Å². The van der Waals surface area contributed by atoms with Crippen molar-refractivity contribution >= 4 is 5.91 Å². The molecule has 0 aromatic carbocycles. The molecule has 2 saturated heterocycles. The zero-order chi connectivity index (χ0) is 12.1. The Kier molecular flexibility index (Phi) is 4.76. The van der Waals surface area contributed by atoms with Crippen LogP contribution in [0.3, 0.4) is 0 Å². The summed E-state index contributed by atoms with van der Waals surface area (Å²) < 4.78 is 5.77. The van der Waals surface area contributed by atoms with Crippen LogP contribution in [0.25, 0.3) is 0 Å². The quantitative estimate of drug-likeness (QED) is 0.694. The maximum absolute atomic E-state index is 11.4. The number of carbonyl (C=O) groups excluding carboxylic acids is 1. The third-order valence-corrected chi connectivity index (χ3v) is 3.60. The Labute approximate surface area is 103 Å². The molecule has 2 aliphatic heterocycles. The molecule has 0 aromatic heterocycles. The van der Waals surface area contributed by atoms with Crippen molar-refractivity contribution in [3.63, 3.8) is 0 Å². The maximum Gasteiger partial charge on any atom is 0.220 e. The van der Waals surface area contributed by atoms with Gasteiger partial charge in [-0.25, -0.2) is 0 Å². The van der Waals surface area contributed by atoms with Gasteiger partial charge in [-0.1, -0.05) is 0 Å². The Morgan fingerprint density at radius 3 is 3.24 bits per heavy atom. The number of nitrogens with one attached hydrogen (secondary N) is 1. The third kappa shape index (κ3) is 3.66. The lowest BCUT2D eigenvalue weighted by Gasteiger charge is -2.35. The summed E-state index contributed by atoms with van der Waals surface area (Å²) in [6.07, 6.45) is 3.98. The van der Waals surface area contributed by atoms with Gasteiger partial charge < -0.3 is 15.8 Å². The molecule has 0 aromatic rings. The van der Waals surface area contributed by atoms with E-state index in [9.17, 15) is 4.79 Å². The number of nitrogens with zero attached hydrogens (tertiary/aromatic N) is 1. The highest BCUT2D eigenvalue weighted by Crippen LogP contribution is 2.22. The minimum Gasteiger partial charge on any atom is -0.373 e. The fraction of sp³-hybridized carbons (Fsp3) is 0.917. The molecule has 17 heavy (non-hydrogen) atoms. The van der Waals surface area contributed by atoms with Crippen LogP contribution in [0.5, 0.6) is 0 Å². The van der Waals surface area contributed by atoms with Gasteiger partial charge in [-0.2, -0.15) is 0 Å². The highest BCUT2D eigenvalue weighted by atomic mass is 16.5. The first-order valence-corrected chi connectivity index (χ1v) is 6.62. The van der Waals surface area contributed by atoms with Crippen LogP contribution in [0.15, 0.2) is 0 Å². The van der Waals surface area contributed by atoms with Crippen LogP contribution in [-0.4, -0.2) is 55.7 Å². The first kappa shape index (κ1) is 12.8. The van der Waals surface area contributed by atoms with Crippen LogP contribution in [0, 0.1) is 0 Å². The van der Waals surface area contributed by atoms with Gasteiger partial charge in [0.25, 0.3) is 0 Å². The van der Waals surface area contributed by atoms with E-state index in [4.69, 9.17) is 10.5 Å². The fourth-order valence-electron chi connectivity index (χ4n) is 2.59. The standard InChI is InChI=1S/C12H23N3O2/c13-5-1-4-12(16)14-7-11-8-15-6-2-3-10(15)9-17-11/h10-11H,1-9,13H2,(H,14,16). The van der Waals surface area contributed by atoms with E-state index in [2.05, 4.69) is 10.2 Å². The van der Waals surface area contributed by atoms with Crippen LogP contribution in [0.4, 0.5) is 0 Å².